The van der Waals surface area contributed by atoms with Crippen LogP contribution in [0.15, 0.2) is 48.5 Å². The van der Waals surface area contributed by atoms with E-state index in [-0.39, 0.29) is 16.9 Å². The van der Waals surface area contributed by atoms with Crippen LogP contribution in [0.2, 0.25) is 0 Å². The monoisotopic (exact) mass is 399 g/mol. The average Bonchev–Trinajstić information content (AvgIpc) is 2.67. The number of carbonyl (C=O) groups excluding carboxylic acids is 2. The fourth-order valence-corrected chi connectivity index (χ4v) is 2.68. The molecule has 0 aromatic heterocycles. The van der Waals surface area contributed by atoms with Crippen LogP contribution in [0.5, 0.6) is 5.75 Å². The molecule has 148 valence electrons. The Labute approximate surface area is 170 Å². The zero-order valence-electron chi connectivity index (χ0n) is 16.1. The van der Waals surface area contributed by atoms with Crippen LogP contribution in [-0.2, 0) is 4.79 Å². The second kappa shape index (κ2) is 11.0. The van der Waals surface area contributed by atoms with Crippen LogP contribution >= 0.6 is 12.2 Å². The molecular weight excluding hydrogens is 374 g/mol. The third-order valence-electron chi connectivity index (χ3n) is 3.80. The van der Waals surface area contributed by atoms with E-state index in [0.717, 1.165) is 12.8 Å². The lowest BCUT2D eigenvalue weighted by Gasteiger charge is -2.12. The van der Waals surface area contributed by atoms with Crippen molar-refractivity contribution >= 4 is 40.5 Å². The SMILES string of the molecule is CCCCC(=O)Nc1cccc(NC(=S)NC(=O)c2cccc(OCC)c2)c1. The first-order valence-electron chi connectivity index (χ1n) is 9.27. The Kier molecular flexibility index (Phi) is 8.42. The van der Waals surface area contributed by atoms with Crippen LogP contribution in [0.4, 0.5) is 11.4 Å². The van der Waals surface area contributed by atoms with E-state index in [2.05, 4.69) is 16.0 Å². The van der Waals surface area contributed by atoms with Crippen molar-refractivity contribution in [2.45, 2.75) is 33.1 Å². The Morgan fingerprint density at radius 1 is 1.00 bits per heavy atom. The van der Waals surface area contributed by atoms with E-state index in [4.69, 9.17) is 17.0 Å². The van der Waals surface area contributed by atoms with E-state index < -0.39 is 0 Å². The van der Waals surface area contributed by atoms with E-state index >= 15 is 0 Å². The van der Waals surface area contributed by atoms with Crippen molar-refractivity contribution in [3.05, 3.63) is 54.1 Å². The number of rotatable bonds is 8. The maximum Gasteiger partial charge on any atom is 0.257 e. The van der Waals surface area contributed by atoms with Crippen molar-refractivity contribution in [3.8, 4) is 5.75 Å². The van der Waals surface area contributed by atoms with Gasteiger partial charge in [-0.2, -0.15) is 0 Å². The highest BCUT2D eigenvalue weighted by atomic mass is 32.1. The molecular formula is C21H25N3O3S. The fourth-order valence-electron chi connectivity index (χ4n) is 2.47. The quantitative estimate of drug-likeness (QED) is 0.576. The normalized spacial score (nSPS) is 10.1. The molecule has 0 unspecified atom stereocenters. The average molecular weight is 400 g/mol. The molecule has 0 saturated heterocycles. The number of unbranched alkanes of at least 4 members (excludes halogenated alkanes) is 1. The van der Waals surface area contributed by atoms with Crippen LogP contribution in [0, 0.1) is 0 Å². The summed E-state index contributed by atoms with van der Waals surface area (Å²) in [7, 11) is 0. The lowest BCUT2D eigenvalue weighted by molar-refractivity contribution is -0.116. The van der Waals surface area contributed by atoms with Crippen LogP contribution in [0.1, 0.15) is 43.5 Å². The van der Waals surface area contributed by atoms with E-state index in [1.165, 1.54) is 0 Å². The van der Waals surface area contributed by atoms with Gasteiger partial charge >= 0.3 is 0 Å². The minimum Gasteiger partial charge on any atom is -0.494 e. The van der Waals surface area contributed by atoms with Crippen LogP contribution in [-0.4, -0.2) is 23.5 Å². The van der Waals surface area contributed by atoms with Crippen molar-refractivity contribution in [2.24, 2.45) is 0 Å². The van der Waals surface area contributed by atoms with Crippen LogP contribution in [0.25, 0.3) is 0 Å². The highest BCUT2D eigenvalue weighted by molar-refractivity contribution is 7.80. The van der Waals surface area contributed by atoms with Gasteiger partial charge in [0, 0.05) is 23.4 Å². The predicted molar refractivity (Wildman–Crippen MR) is 116 cm³/mol. The van der Waals surface area contributed by atoms with Gasteiger partial charge in [0.15, 0.2) is 5.11 Å². The van der Waals surface area contributed by atoms with Crippen molar-refractivity contribution in [3.63, 3.8) is 0 Å². The molecule has 2 aromatic rings. The molecule has 0 fully saturated rings. The molecule has 6 nitrogen and oxygen atoms in total. The minimum atomic E-state index is -0.330. The number of ether oxygens (including phenoxy) is 1. The van der Waals surface area contributed by atoms with Gasteiger partial charge in [-0.15, -0.1) is 0 Å². The van der Waals surface area contributed by atoms with Gasteiger partial charge in [0.25, 0.3) is 5.91 Å². The Hall–Kier alpha value is -2.93. The number of hydrogen-bond donors (Lipinski definition) is 3. The summed E-state index contributed by atoms with van der Waals surface area (Å²) < 4.78 is 5.40. The van der Waals surface area contributed by atoms with E-state index in [9.17, 15) is 9.59 Å². The number of hydrogen-bond acceptors (Lipinski definition) is 4. The predicted octanol–water partition coefficient (Wildman–Crippen LogP) is 4.34. The number of amides is 2. The van der Waals surface area contributed by atoms with Gasteiger partial charge in [0.1, 0.15) is 5.75 Å². The van der Waals surface area contributed by atoms with Gasteiger partial charge in [-0.1, -0.05) is 25.5 Å². The second-order valence-corrected chi connectivity index (χ2v) is 6.51. The standard InChI is InChI=1S/C21H25N3O3S/c1-3-5-12-19(25)22-16-9-7-10-17(14-16)23-21(28)24-20(26)15-8-6-11-18(13-15)27-4-2/h6-11,13-14H,3-5,12H2,1-2H3,(H,22,25)(H2,23,24,26,28). The Morgan fingerprint density at radius 2 is 1.71 bits per heavy atom. The molecule has 2 aromatic carbocycles. The molecule has 0 heterocycles. The summed E-state index contributed by atoms with van der Waals surface area (Å²) in [5.41, 5.74) is 1.79. The lowest BCUT2D eigenvalue weighted by Crippen LogP contribution is -2.34. The smallest absolute Gasteiger partial charge is 0.257 e. The van der Waals surface area contributed by atoms with Gasteiger partial charge in [-0.25, -0.2) is 0 Å². The molecule has 2 amide bonds. The first kappa shape index (κ1) is 21.4. The summed E-state index contributed by atoms with van der Waals surface area (Å²) in [4.78, 5) is 24.2. The first-order valence-corrected chi connectivity index (χ1v) is 9.67. The number of carbonyl (C=O) groups is 2. The maximum absolute atomic E-state index is 12.4. The second-order valence-electron chi connectivity index (χ2n) is 6.10. The highest BCUT2D eigenvalue weighted by Gasteiger charge is 2.10. The summed E-state index contributed by atoms with van der Waals surface area (Å²) in [5, 5.41) is 8.62. The van der Waals surface area contributed by atoms with Gasteiger partial charge in [0.05, 0.1) is 6.61 Å². The number of anilines is 2. The van der Waals surface area contributed by atoms with Crippen LogP contribution < -0.4 is 20.7 Å². The summed E-state index contributed by atoms with van der Waals surface area (Å²) in [6, 6.07) is 14.1. The third-order valence-corrected chi connectivity index (χ3v) is 4.00. The third kappa shape index (κ3) is 7.00. The van der Waals surface area contributed by atoms with E-state index in [0.29, 0.717) is 35.7 Å². The highest BCUT2D eigenvalue weighted by Crippen LogP contribution is 2.16. The molecule has 7 heteroatoms. The molecule has 0 radical (unpaired) electrons. The largest absolute Gasteiger partial charge is 0.494 e. The van der Waals surface area contributed by atoms with Crippen molar-refractivity contribution < 1.29 is 14.3 Å². The minimum absolute atomic E-state index is 0.0240. The molecule has 0 saturated carbocycles. The zero-order chi connectivity index (χ0) is 20.4. The Bertz CT molecular complexity index is 839. The zero-order valence-corrected chi connectivity index (χ0v) is 16.9. The molecule has 0 aliphatic rings. The number of thiocarbonyl (C=S) groups is 1. The molecule has 0 spiro atoms. The maximum atomic E-state index is 12.4. The van der Waals surface area contributed by atoms with Crippen LogP contribution in [0.3, 0.4) is 0 Å². The molecule has 0 bridgehead atoms. The fraction of sp³-hybridized carbons (Fsp3) is 0.286. The first-order chi connectivity index (χ1) is 13.5. The van der Waals surface area contributed by atoms with Gasteiger partial charge < -0.3 is 15.4 Å². The Morgan fingerprint density at radius 3 is 2.43 bits per heavy atom. The summed E-state index contributed by atoms with van der Waals surface area (Å²) in [6.45, 7) is 4.45. The van der Waals surface area contributed by atoms with Gasteiger partial charge in [0.2, 0.25) is 5.91 Å². The van der Waals surface area contributed by atoms with Gasteiger partial charge in [-0.3, -0.25) is 14.9 Å². The number of nitrogens with one attached hydrogen (secondary N) is 3. The summed E-state index contributed by atoms with van der Waals surface area (Å²) in [6.07, 6.45) is 2.31. The Balaban J connectivity index is 1.93. The lowest BCUT2D eigenvalue weighted by atomic mass is 10.2. The van der Waals surface area contributed by atoms with Crippen molar-refractivity contribution in [1.82, 2.24) is 5.32 Å². The molecule has 0 aliphatic carbocycles. The van der Waals surface area contributed by atoms with Gasteiger partial charge in [-0.05, 0) is 62.0 Å². The van der Waals surface area contributed by atoms with E-state index in [1.54, 1.807) is 48.5 Å². The molecule has 0 atom stereocenters. The molecule has 0 aliphatic heterocycles. The van der Waals surface area contributed by atoms with Crippen molar-refractivity contribution in [1.29, 1.82) is 0 Å². The number of benzene rings is 2. The summed E-state index contributed by atoms with van der Waals surface area (Å²) >= 11 is 5.22. The molecule has 2 rings (SSSR count). The van der Waals surface area contributed by atoms with Crippen molar-refractivity contribution in [2.75, 3.05) is 17.2 Å². The summed E-state index contributed by atoms with van der Waals surface area (Å²) in [5.74, 6) is 0.271. The topological polar surface area (TPSA) is 79.5 Å². The molecule has 28 heavy (non-hydrogen) atoms. The molecule has 3 N–H and O–H groups in total. The van der Waals surface area contributed by atoms with E-state index in [1.807, 2.05) is 13.8 Å².